The highest BCUT2D eigenvalue weighted by Crippen LogP contribution is 2.27. The summed E-state index contributed by atoms with van der Waals surface area (Å²) in [4.78, 5) is 12.5. The van der Waals surface area contributed by atoms with Crippen LogP contribution in [0.1, 0.15) is 36.7 Å². The number of anilines is 1. The Morgan fingerprint density at radius 2 is 1.92 bits per heavy atom. The molecular formula is C19H21Cl2NO3. The number of amides is 1. The van der Waals surface area contributed by atoms with E-state index in [4.69, 9.17) is 32.7 Å². The van der Waals surface area contributed by atoms with Crippen molar-refractivity contribution in [1.82, 2.24) is 0 Å². The van der Waals surface area contributed by atoms with Crippen molar-refractivity contribution in [2.24, 2.45) is 0 Å². The second kappa shape index (κ2) is 9.09. The van der Waals surface area contributed by atoms with Gasteiger partial charge in [-0.05, 0) is 57.2 Å². The van der Waals surface area contributed by atoms with Gasteiger partial charge in [-0.3, -0.25) is 4.79 Å². The minimum absolute atomic E-state index is 0.0808. The largest absolute Gasteiger partial charge is 0.494 e. The summed E-state index contributed by atoms with van der Waals surface area (Å²) < 4.78 is 11.3. The third kappa shape index (κ3) is 5.63. The normalized spacial score (nSPS) is 10.8. The van der Waals surface area contributed by atoms with Gasteiger partial charge in [0.15, 0.2) is 0 Å². The van der Waals surface area contributed by atoms with E-state index in [1.165, 1.54) is 0 Å². The maximum atomic E-state index is 12.5. The highest BCUT2D eigenvalue weighted by molar-refractivity contribution is 6.35. The lowest BCUT2D eigenvalue weighted by Gasteiger charge is -2.14. The number of nitrogens with one attached hydrogen (secondary N) is 1. The summed E-state index contributed by atoms with van der Waals surface area (Å²) >= 11 is 12.1. The van der Waals surface area contributed by atoms with Crippen molar-refractivity contribution in [1.29, 1.82) is 0 Å². The van der Waals surface area contributed by atoms with Crippen LogP contribution in [0.3, 0.4) is 0 Å². The fraction of sp³-hybridized carbons (Fsp3) is 0.316. The van der Waals surface area contributed by atoms with Crippen LogP contribution in [0.25, 0.3) is 0 Å². The fourth-order valence-corrected chi connectivity index (χ4v) is 2.51. The molecule has 0 radical (unpaired) electrons. The Morgan fingerprint density at radius 3 is 2.60 bits per heavy atom. The average molecular weight is 382 g/mol. The third-order valence-electron chi connectivity index (χ3n) is 3.37. The minimum atomic E-state index is -0.280. The van der Waals surface area contributed by atoms with Gasteiger partial charge in [0.05, 0.1) is 30.0 Å². The number of hydrogen-bond donors (Lipinski definition) is 1. The van der Waals surface area contributed by atoms with Gasteiger partial charge in [0.25, 0.3) is 5.91 Å². The Labute approximate surface area is 158 Å². The van der Waals surface area contributed by atoms with E-state index in [-0.39, 0.29) is 12.0 Å². The SMILES string of the molecule is CCOc1ccc(C(=O)Nc2cc(Cl)ccc2Cl)cc1COC(C)C. The molecule has 0 atom stereocenters. The van der Waals surface area contributed by atoms with Crippen LogP contribution in [0.15, 0.2) is 36.4 Å². The first-order chi connectivity index (χ1) is 11.9. The summed E-state index contributed by atoms with van der Waals surface area (Å²) in [5.74, 6) is 0.429. The van der Waals surface area contributed by atoms with Crippen molar-refractivity contribution in [3.05, 3.63) is 57.6 Å². The lowest BCUT2D eigenvalue weighted by Crippen LogP contribution is -2.13. The Kier molecular flexibility index (Phi) is 7.12. The Balaban J connectivity index is 2.23. The van der Waals surface area contributed by atoms with Gasteiger partial charge < -0.3 is 14.8 Å². The Hall–Kier alpha value is -1.75. The number of halogens is 2. The summed E-state index contributed by atoms with van der Waals surface area (Å²) in [6.45, 7) is 6.73. The highest BCUT2D eigenvalue weighted by atomic mass is 35.5. The van der Waals surface area contributed by atoms with Gasteiger partial charge in [0, 0.05) is 16.1 Å². The Bertz CT molecular complexity index is 747. The first-order valence-electron chi connectivity index (χ1n) is 8.04. The zero-order valence-corrected chi connectivity index (χ0v) is 15.9. The molecule has 2 rings (SSSR count). The summed E-state index contributed by atoms with van der Waals surface area (Å²) in [5, 5.41) is 3.69. The molecule has 0 aliphatic carbocycles. The van der Waals surface area contributed by atoms with Gasteiger partial charge in [-0.2, -0.15) is 0 Å². The van der Waals surface area contributed by atoms with Gasteiger partial charge in [-0.1, -0.05) is 23.2 Å². The average Bonchev–Trinajstić information content (AvgIpc) is 2.57. The van der Waals surface area contributed by atoms with E-state index in [0.29, 0.717) is 40.3 Å². The monoisotopic (exact) mass is 381 g/mol. The molecule has 0 saturated heterocycles. The van der Waals surface area contributed by atoms with Gasteiger partial charge in [-0.25, -0.2) is 0 Å². The molecule has 6 heteroatoms. The van der Waals surface area contributed by atoms with E-state index in [2.05, 4.69) is 5.32 Å². The second-order valence-electron chi connectivity index (χ2n) is 5.69. The highest BCUT2D eigenvalue weighted by Gasteiger charge is 2.13. The zero-order valence-electron chi connectivity index (χ0n) is 14.4. The van der Waals surface area contributed by atoms with Crippen molar-refractivity contribution in [3.63, 3.8) is 0 Å². The summed E-state index contributed by atoms with van der Waals surface area (Å²) in [6, 6.07) is 10.2. The fourth-order valence-electron chi connectivity index (χ4n) is 2.17. The van der Waals surface area contributed by atoms with Crippen LogP contribution < -0.4 is 10.1 Å². The summed E-state index contributed by atoms with van der Waals surface area (Å²) in [5.41, 5.74) is 1.77. The molecule has 1 N–H and O–H groups in total. The lowest BCUT2D eigenvalue weighted by atomic mass is 10.1. The molecule has 0 aliphatic heterocycles. The quantitative estimate of drug-likeness (QED) is 0.681. The van der Waals surface area contributed by atoms with Crippen LogP contribution in [0.4, 0.5) is 5.69 Å². The standard InChI is InChI=1S/C19H21Cl2NO3/c1-4-24-18-8-5-13(9-14(18)11-25-12(2)3)19(23)22-17-10-15(20)6-7-16(17)21/h5-10,12H,4,11H2,1-3H3,(H,22,23). The summed E-state index contributed by atoms with van der Waals surface area (Å²) in [6.07, 6.45) is 0.0808. The maximum Gasteiger partial charge on any atom is 0.255 e. The smallest absolute Gasteiger partial charge is 0.255 e. The molecule has 0 unspecified atom stereocenters. The van der Waals surface area contributed by atoms with E-state index in [1.807, 2.05) is 20.8 Å². The molecule has 2 aromatic rings. The number of carbonyl (C=O) groups excluding carboxylic acids is 1. The van der Waals surface area contributed by atoms with Crippen LogP contribution >= 0.6 is 23.2 Å². The number of carbonyl (C=O) groups is 1. The van der Waals surface area contributed by atoms with Gasteiger partial charge >= 0.3 is 0 Å². The van der Waals surface area contributed by atoms with Crippen LogP contribution in [0, 0.1) is 0 Å². The van der Waals surface area contributed by atoms with Gasteiger partial charge in [-0.15, -0.1) is 0 Å². The molecule has 0 aromatic heterocycles. The van der Waals surface area contributed by atoms with Crippen LogP contribution in [0.2, 0.25) is 10.0 Å². The first-order valence-corrected chi connectivity index (χ1v) is 8.80. The molecule has 134 valence electrons. The van der Waals surface area contributed by atoms with E-state index < -0.39 is 0 Å². The van der Waals surface area contributed by atoms with Gasteiger partial charge in [0.1, 0.15) is 5.75 Å². The maximum absolute atomic E-state index is 12.5. The minimum Gasteiger partial charge on any atom is -0.494 e. The topological polar surface area (TPSA) is 47.6 Å². The predicted octanol–water partition coefficient (Wildman–Crippen LogP) is 5.57. The van der Waals surface area contributed by atoms with E-state index in [0.717, 1.165) is 5.56 Å². The van der Waals surface area contributed by atoms with Crippen molar-refractivity contribution >= 4 is 34.8 Å². The number of benzene rings is 2. The zero-order chi connectivity index (χ0) is 18.4. The summed E-state index contributed by atoms with van der Waals surface area (Å²) in [7, 11) is 0. The molecule has 1 amide bonds. The van der Waals surface area contributed by atoms with E-state index in [1.54, 1.807) is 36.4 Å². The molecule has 0 aliphatic rings. The third-order valence-corrected chi connectivity index (χ3v) is 3.94. The molecule has 0 spiro atoms. The lowest BCUT2D eigenvalue weighted by molar-refractivity contribution is 0.0641. The molecule has 25 heavy (non-hydrogen) atoms. The molecule has 0 fully saturated rings. The predicted molar refractivity (Wildman–Crippen MR) is 102 cm³/mol. The number of ether oxygens (including phenoxy) is 2. The van der Waals surface area contributed by atoms with E-state index in [9.17, 15) is 4.79 Å². The molecule has 4 nitrogen and oxygen atoms in total. The number of hydrogen-bond acceptors (Lipinski definition) is 3. The van der Waals surface area contributed by atoms with Crippen LogP contribution in [0.5, 0.6) is 5.75 Å². The van der Waals surface area contributed by atoms with Gasteiger partial charge in [0.2, 0.25) is 0 Å². The van der Waals surface area contributed by atoms with Crippen molar-refractivity contribution in [2.75, 3.05) is 11.9 Å². The number of rotatable bonds is 7. The van der Waals surface area contributed by atoms with Crippen molar-refractivity contribution in [2.45, 2.75) is 33.5 Å². The molecule has 0 saturated carbocycles. The first kappa shape index (κ1) is 19.6. The second-order valence-corrected chi connectivity index (χ2v) is 6.54. The van der Waals surface area contributed by atoms with Crippen molar-refractivity contribution < 1.29 is 14.3 Å². The molecule has 2 aromatic carbocycles. The molecule has 0 bridgehead atoms. The molecular weight excluding hydrogens is 361 g/mol. The van der Waals surface area contributed by atoms with Crippen LogP contribution in [-0.4, -0.2) is 18.6 Å². The van der Waals surface area contributed by atoms with E-state index >= 15 is 0 Å². The molecule has 0 heterocycles. The van der Waals surface area contributed by atoms with Crippen molar-refractivity contribution in [3.8, 4) is 5.75 Å². The Morgan fingerprint density at radius 1 is 1.16 bits per heavy atom. The van der Waals surface area contributed by atoms with Crippen LogP contribution in [-0.2, 0) is 11.3 Å².